The molecule has 1 rings (SSSR count). The molecule has 1 aromatic heterocycles. The lowest BCUT2D eigenvalue weighted by Gasteiger charge is -2.28. The first kappa shape index (κ1) is 18.4. The summed E-state index contributed by atoms with van der Waals surface area (Å²) in [6.45, 7) is 12.1. The molecule has 0 aliphatic heterocycles. The minimum absolute atomic E-state index is 0. The van der Waals surface area contributed by atoms with Gasteiger partial charge >= 0.3 is 0 Å². The Kier molecular flexibility index (Phi) is 7.55. The first-order valence-corrected chi connectivity index (χ1v) is 6.59. The van der Waals surface area contributed by atoms with Crippen LogP contribution in [0.4, 0.5) is 0 Å². The Morgan fingerprint density at radius 1 is 1.42 bits per heavy atom. The zero-order valence-corrected chi connectivity index (χ0v) is 13.6. The van der Waals surface area contributed by atoms with Gasteiger partial charge < -0.3 is 5.73 Å². The van der Waals surface area contributed by atoms with Crippen LogP contribution in [0.3, 0.4) is 0 Å². The van der Waals surface area contributed by atoms with Gasteiger partial charge in [0, 0.05) is 13.1 Å². The summed E-state index contributed by atoms with van der Waals surface area (Å²) in [6, 6.07) is 0. The molecule has 0 bridgehead atoms. The zero-order valence-electron chi connectivity index (χ0n) is 12.8. The third-order valence-corrected chi connectivity index (χ3v) is 2.90. The highest BCUT2D eigenvalue weighted by molar-refractivity contribution is 5.85. The van der Waals surface area contributed by atoms with E-state index in [1.165, 1.54) is 0 Å². The average Bonchev–Trinajstić information content (AvgIpc) is 2.64. The van der Waals surface area contributed by atoms with E-state index >= 15 is 0 Å². The van der Waals surface area contributed by atoms with Crippen molar-refractivity contribution in [1.82, 2.24) is 19.7 Å². The van der Waals surface area contributed by atoms with Crippen LogP contribution in [0.1, 0.15) is 33.5 Å². The predicted molar refractivity (Wildman–Crippen MR) is 81.3 cm³/mol. The molecule has 0 saturated heterocycles. The average molecular weight is 290 g/mol. The summed E-state index contributed by atoms with van der Waals surface area (Å²) in [4.78, 5) is 6.60. The standard InChI is InChI=1S/C13H27N5.ClH/c1-11(2)6-18-12(15-10-16-18)7-17(5)9-13(3,4)8-14;/h10-11H,6-9,14H2,1-5H3;1H. The van der Waals surface area contributed by atoms with Gasteiger partial charge in [-0.05, 0) is 24.9 Å². The zero-order chi connectivity index (χ0) is 13.8. The molecule has 0 radical (unpaired) electrons. The van der Waals surface area contributed by atoms with Crippen LogP contribution in [0.15, 0.2) is 6.33 Å². The van der Waals surface area contributed by atoms with Gasteiger partial charge in [0.15, 0.2) is 0 Å². The molecule has 0 saturated carbocycles. The van der Waals surface area contributed by atoms with Crippen LogP contribution in [0.2, 0.25) is 0 Å². The molecule has 112 valence electrons. The quantitative estimate of drug-likeness (QED) is 0.831. The first-order chi connectivity index (χ1) is 8.34. The smallest absolute Gasteiger partial charge is 0.141 e. The van der Waals surface area contributed by atoms with Gasteiger partial charge in [0.05, 0.1) is 6.54 Å². The van der Waals surface area contributed by atoms with E-state index in [1.807, 2.05) is 4.68 Å². The van der Waals surface area contributed by atoms with Gasteiger partial charge in [0.25, 0.3) is 0 Å². The summed E-state index contributed by atoms with van der Waals surface area (Å²) >= 11 is 0. The fourth-order valence-corrected chi connectivity index (χ4v) is 2.00. The van der Waals surface area contributed by atoms with E-state index < -0.39 is 0 Å². The molecule has 0 fully saturated rings. The lowest BCUT2D eigenvalue weighted by atomic mass is 9.93. The molecule has 0 aliphatic rings. The normalized spacial score (nSPS) is 12.0. The SMILES string of the molecule is CC(C)Cn1ncnc1CN(C)CC(C)(C)CN.Cl. The van der Waals surface area contributed by atoms with Gasteiger partial charge in [0.2, 0.25) is 0 Å². The van der Waals surface area contributed by atoms with Crippen LogP contribution in [0, 0.1) is 11.3 Å². The van der Waals surface area contributed by atoms with Crippen molar-refractivity contribution in [3.63, 3.8) is 0 Å². The number of rotatable bonds is 7. The molecule has 0 spiro atoms. The summed E-state index contributed by atoms with van der Waals surface area (Å²) in [5.74, 6) is 1.61. The van der Waals surface area contributed by atoms with Crippen molar-refractivity contribution < 1.29 is 0 Å². The molecule has 5 nitrogen and oxygen atoms in total. The van der Waals surface area contributed by atoms with Crippen molar-refractivity contribution in [2.24, 2.45) is 17.1 Å². The molecule has 6 heteroatoms. The highest BCUT2D eigenvalue weighted by Crippen LogP contribution is 2.15. The predicted octanol–water partition coefficient (Wildman–Crippen LogP) is 1.77. The fourth-order valence-electron chi connectivity index (χ4n) is 2.00. The third kappa shape index (κ3) is 6.36. The van der Waals surface area contributed by atoms with Gasteiger partial charge in [-0.25, -0.2) is 9.67 Å². The number of aromatic nitrogens is 3. The number of nitrogens with zero attached hydrogens (tertiary/aromatic N) is 4. The van der Waals surface area contributed by atoms with E-state index in [2.05, 4.69) is 49.7 Å². The molecule has 0 amide bonds. The second-order valence-electron chi connectivity index (χ2n) is 6.29. The van der Waals surface area contributed by atoms with E-state index in [0.717, 1.165) is 25.5 Å². The fraction of sp³-hybridized carbons (Fsp3) is 0.846. The molecule has 0 aliphatic carbocycles. The number of halogens is 1. The molecule has 19 heavy (non-hydrogen) atoms. The number of nitrogens with two attached hydrogens (primary N) is 1. The lowest BCUT2D eigenvalue weighted by molar-refractivity contribution is 0.202. The summed E-state index contributed by atoms with van der Waals surface area (Å²) in [6.07, 6.45) is 1.64. The molecular formula is C13H28ClN5. The van der Waals surface area contributed by atoms with Crippen molar-refractivity contribution in [3.05, 3.63) is 12.2 Å². The van der Waals surface area contributed by atoms with Crippen LogP contribution in [0.5, 0.6) is 0 Å². The summed E-state index contributed by atoms with van der Waals surface area (Å²) < 4.78 is 2.00. The minimum Gasteiger partial charge on any atom is -0.330 e. The van der Waals surface area contributed by atoms with Crippen LogP contribution < -0.4 is 5.73 Å². The molecule has 1 aromatic rings. The van der Waals surface area contributed by atoms with E-state index in [9.17, 15) is 0 Å². The minimum atomic E-state index is 0. The maximum atomic E-state index is 5.76. The highest BCUT2D eigenvalue weighted by atomic mass is 35.5. The Morgan fingerprint density at radius 2 is 2.05 bits per heavy atom. The Hall–Kier alpha value is -0.650. The second kappa shape index (κ2) is 7.82. The van der Waals surface area contributed by atoms with Gasteiger partial charge in [-0.3, -0.25) is 4.90 Å². The van der Waals surface area contributed by atoms with Crippen LogP contribution in [-0.2, 0) is 13.1 Å². The van der Waals surface area contributed by atoms with Crippen molar-refractivity contribution >= 4 is 12.4 Å². The second-order valence-corrected chi connectivity index (χ2v) is 6.29. The third-order valence-electron chi connectivity index (χ3n) is 2.90. The Bertz CT molecular complexity index is 362. The van der Waals surface area contributed by atoms with Crippen molar-refractivity contribution in [2.45, 2.75) is 40.8 Å². The van der Waals surface area contributed by atoms with Crippen LogP contribution >= 0.6 is 12.4 Å². The Labute approximate surface area is 123 Å². The largest absolute Gasteiger partial charge is 0.330 e. The topological polar surface area (TPSA) is 60.0 Å². The maximum absolute atomic E-state index is 5.76. The summed E-state index contributed by atoms with van der Waals surface area (Å²) in [5, 5.41) is 4.28. The van der Waals surface area contributed by atoms with Gasteiger partial charge in [-0.2, -0.15) is 5.10 Å². The Morgan fingerprint density at radius 3 is 2.58 bits per heavy atom. The first-order valence-electron chi connectivity index (χ1n) is 6.59. The number of hydrogen-bond donors (Lipinski definition) is 1. The van der Waals surface area contributed by atoms with Crippen LogP contribution in [-0.4, -0.2) is 39.8 Å². The van der Waals surface area contributed by atoms with Gasteiger partial charge in [0.1, 0.15) is 12.2 Å². The van der Waals surface area contributed by atoms with Crippen molar-refractivity contribution in [2.75, 3.05) is 20.1 Å². The molecule has 1 heterocycles. The van der Waals surface area contributed by atoms with Gasteiger partial charge in [-0.15, -0.1) is 12.4 Å². The van der Waals surface area contributed by atoms with E-state index in [1.54, 1.807) is 6.33 Å². The lowest BCUT2D eigenvalue weighted by Crippen LogP contribution is -2.37. The molecule has 0 aromatic carbocycles. The van der Waals surface area contributed by atoms with E-state index in [4.69, 9.17) is 5.73 Å². The maximum Gasteiger partial charge on any atom is 0.141 e. The molecule has 0 atom stereocenters. The monoisotopic (exact) mass is 289 g/mol. The molecular weight excluding hydrogens is 262 g/mol. The number of hydrogen-bond acceptors (Lipinski definition) is 4. The van der Waals surface area contributed by atoms with Gasteiger partial charge in [-0.1, -0.05) is 27.7 Å². The molecule has 2 N–H and O–H groups in total. The van der Waals surface area contributed by atoms with Crippen molar-refractivity contribution in [1.29, 1.82) is 0 Å². The highest BCUT2D eigenvalue weighted by Gasteiger charge is 2.19. The van der Waals surface area contributed by atoms with E-state index in [0.29, 0.717) is 12.5 Å². The Balaban J connectivity index is 0.00000324. The molecule has 0 unspecified atom stereocenters. The van der Waals surface area contributed by atoms with E-state index in [-0.39, 0.29) is 17.8 Å². The van der Waals surface area contributed by atoms with Crippen LogP contribution in [0.25, 0.3) is 0 Å². The summed E-state index contributed by atoms with van der Waals surface area (Å²) in [7, 11) is 2.10. The van der Waals surface area contributed by atoms with Crippen molar-refractivity contribution in [3.8, 4) is 0 Å². The summed E-state index contributed by atoms with van der Waals surface area (Å²) in [5.41, 5.74) is 5.90.